The Balaban J connectivity index is 2.05. The van der Waals surface area contributed by atoms with E-state index >= 15 is 0 Å². The molecule has 0 saturated heterocycles. The summed E-state index contributed by atoms with van der Waals surface area (Å²) in [5.41, 5.74) is 1.04. The van der Waals surface area contributed by atoms with Gasteiger partial charge in [-0.3, -0.25) is 13.9 Å². The van der Waals surface area contributed by atoms with Crippen LogP contribution in [0.15, 0.2) is 89.8 Å². The van der Waals surface area contributed by atoms with Gasteiger partial charge in [0.15, 0.2) is 0 Å². The summed E-state index contributed by atoms with van der Waals surface area (Å²) >= 11 is 0. The molecule has 0 fully saturated rings. The van der Waals surface area contributed by atoms with Gasteiger partial charge in [-0.05, 0) is 50.6 Å². The number of nitrogens with one attached hydrogen (secondary N) is 1. The van der Waals surface area contributed by atoms with Crippen LogP contribution in [-0.2, 0) is 26.2 Å². The predicted octanol–water partition coefficient (Wildman–Crippen LogP) is 3.83. The number of hydrogen-bond donors (Lipinski definition) is 1. The van der Waals surface area contributed by atoms with Crippen LogP contribution in [0.1, 0.15) is 26.3 Å². The molecule has 0 aliphatic heterocycles. The topological polar surface area (TPSA) is 96.0 Å². The van der Waals surface area contributed by atoms with Crippen molar-refractivity contribution in [2.75, 3.05) is 18.0 Å². The fourth-order valence-electron chi connectivity index (χ4n) is 3.84. The molecule has 1 N–H and O–H groups in total. The minimum atomic E-state index is -4.15. The first kappa shape index (κ1) is 27.7. The quantitative estimate of drug-likeness (QED) is 0.412. The molecular formula is C28H33N3O5S. The van der Waals surface area contributed by atoms with Crippen LogP contribution in [-0.4, -0.2) is 50.9 Å². The number of para-hydroxylation sites is 2. The normalized spacial score (nSPS) is 12.0. The molecule has 1 atom stereocenters. The van der Waals surface area contributed by atoms with E-state index in [1.54, 1.807) is 49.4 Å². The van der Waals surface area contributed by atoms with Crippen LogP contribution < -0.4 is 14.4 Å². The summed E-state index contributed by atoms with van der Waals surface area (Å²) in [5.74, 6) is -0.551. The van der Waals surface area contributed by atoms with E-state index in [-0.39, 0.29) is 29.1 Å². The third kappa shape index (κ3) is 6.89. The lowest BCUT2D eigenvalue weighted by molar-refractivity contribution is -0.139. The fraction of sp³-hybridized carbons (Fsp3) is 0.286. The third-order valence-corrected chi connectivity index (χ3v) is 7.53. The van der Waals surface area contributed by atoms with Crippen LogP contribution in [0.3, 0.4) is 0 Å². The van der Waals surface area contributed by atoms with E-state index in [9.17, 15) is 18.0 Å². The number of rotatable bonds is 11. The lowest BCUT2D eigenvalue weighted by Gasteiger charge is -2.32. The molecule has 3 aromatic rings. The van der Waals surface area contributed by atoms with Crippen molar-refractivity contribution in [2.24, 2.45) is 0 Å². The van der Waals surface area contributed by atoms with Gasteiger partial charge >= 0.3 is 0 Å². The van der Waals surface area contributed by atoms with Crippen molar-refractivity contribution in [3.05, 3.63) is 90.5 Å². The monoisotopic (exact) mass is 523 g/mol. The summed E-state index contributed by atoms with van der Waals surface area (Å²) in [7, 11) is -2.71. The summed E-state index contributed by atoms with van der Waals surface area (Å²) in [6.45, 7) is 4.92. The van der Waals surface area contributed by atoms with E-state index in [1.807, 2.05) is 44.2 Å². The standard InChI is InChI=1S/C28H33N3O5S/c1-21(2)29-28(33)22(3)30(19-23-13-7-5-8-14-23)27(32)20-31(25-17-11-12-18-26(25)36-4)37(34,35)24-15-9-6-10-16-24/h5-18,21-22H,19-20H2,1-4H3,(H,29,33). The van der Waals surface area contributed by atoms with Crippen molar-refractivity contribution in [1.29, 1.82) is 0 Å². The number of carbonyl (C=O) groups is 2. The molecule has 37 heavy (non-hydrogen) atoms. The molecule has 9 heteroatoms. The van der Waals surface area contributed by atoms with Crippen LogP contribution >= 0.6 is 0 Å². The first-order chi connectivity index (χ1) is 17.6. The molecule has 0 bridgehead atoms. The SMILES string of the molecule is COc1ccccc1N(CC(=O)N(Cc1ccccc1)C(C)C(=O)NC(C)C)S(=O)(=O)c1ccccc1. The Morgan fingerprint density at radius 3 is 2.03 bits per heavy atom. The van der Waals surface area contributed by atoms with Crippen LogP contribution in [0, 0.1) is 0 Å². The highest BCUT2D eigenvalue weighted by Crippen LogP contribution is 2.32. The van der Waals surface area contributed by atoms with E-state index in [0.29, 0.717) is 5.75 Å². The van der Waals surface area contributed by atoms with Crippen LogP contribution in [0.4, 0.5) is 5.69 Å². The Kier molecular flexibility index (Phi) is 9.30. The van der Waals surface area contributed by atoms with E-state index in [1.165, 1.54) is 24.1 Å². The van der Waals surface area contributed by atoms with Crippen LogP contribution in [0.2, 0.25) is 0 Å². The Labute approximate surface area is 218 Å². The zero-order valence-corrected chi connectivity index (χ0v) is 22.3. The zero-order valence-electron chi connectivity index (χ0n) is 21.5. The lowest BCUT2D eigenvalue weighted by Crippen LogP contribution is -2.52. The number of benzene rings is 3. The van der Waals surface area contributed by atoms with Crippen molar-refractivity contribution >= 4 is 27.5 Å². The number of methoxy groups -OCH3 is 1. The predicted molar refractivity (Wildman–Crippen MR) is 144 cm³/mol. The molecule has 0 aliphatic rings. The first-order valence-corrected chi connectivity index (χ1v) is 13.4. The van der Waals surface area contributed by atoms with Gasteiger partial charge in [-0.25, -0.2) is 8.42 Å². The second kappa shape index (κ2) is 12.4. The van der Waals surface area contributed by atoms with Gasteiger partial charge in [0.2, 0.25) is 11.8 Å². The van der Waals surface area contributed by atoms with E-state index in [0.717, 1.165) is 9.87 Å². The maximum Gasteiger partial charge on any atom is 0.264 e. The highest BCUT2D eigenvalue weighted by molar-refractivity contribution is 7.92. The van der Waals surface area contributed by atoms with Crippen molar-refractivity contribution in [2.45, 2.75) is 44.3 Å². The molecule has 1 unspecified atom stereocenters. The zero-order chi connectivity index (χ0) is 27.0. The number of nitrogens with zero attached hydrogens (tertiary/aromatic N) is 2. The van der Waals surface area contributed by atoms with Crippen LogP contribution in [0.5, 0.6) is 5.75 Å². The van der Waals surface area contributed by atoms with E-state index in [4.69, 9.17) is 4.74 Å². The Morgan fingerprint density at radius 1 is 0.865 bits per heavy atom. The van der Waals surface area contributed by atoms with Gasteiger partial charge in [0.25, 0.3) is 10.0 Å². The second-order valence-electron chi connectivity index (χ2n) is 8.84. The lowest BCUT2D eigenvalue weighted by atomic mass is 10.1. The molecule has 196 valence electrons. The summed E-state index contributed by atoms with van der Waals surface area (Å²) in [6, 6.07) is 22.8. The molecule has 3 rings (SSSR count). The number of sulfonamides is 1. The van der Waals surface area contributed by atoms with Gasteiger partial charge in [0, 0.05) is 12.6 Å². The summed E-state index contributed by atoms with van der Waals surface area (Å²) in [4.78, 5) is 28.2. The molecule has 0 heterocycles. The third-order valence-electron chi connectivity index (χ3n) is 5.76. The second-order valence-corrected chi connectivity index (χ2v) is 10.7. The molecule has 0 saturated carbocycles. The van der Waals surface area contributed by atoms with Gasteiger partial charge in [-0.1, -0.05) is 60.7 Å². The maximum absolute atomic E-state index is 13.8. The summed E-state index contributed by atoms with van der Waals surface area (Å²) in [5, 5.41) is 2.84. The molecule has 0 spiro atoms. The molecular weight excluding hydrogens is 490 g/mol. The Hall–Kier alpha value is -3.85. The largest absolute Gasteiger partial charge is 0.495 e. The highest BCUT2D eigenvalue weighted by Gasteiger charge is 2.33. The Morgan fingerprint density at radius 2 is 1.43 bits per heavy atom. The Bertz CT molecular complexity index is 1300. The molecule has 0 aliphatic carbocycles. The smallest absolute Gasteiger partial charge is 0.264 e. The maximum atomic E-state index is 13.8. The van der Waals surface area contributed by atoms with Crippen LogP contribution in [0.25, 0.3) is 0 Å². The molecule has 8 nitrogen and oxygen atoms in total. The number of amides is 2. The molecule has 0 radical (unpaired) electrons. The van der Waals surface area contributed by atoms with Gasteiger partial charge in [-0.15, -0.1) is 0 Å². The number of carbonyl (C=O) groups excluding carboxylic acids is 2. The molecule has 2 amide bonds. The fourth-order valence-corrected chi connectivity index (χ4v) is 5.28. The molecule has 3 aromatic carbocycles. The number of ether oxygens (including phenoxy) is 1. The highest BCUT2D eigenvalue weighted by atomic mass is 32.2. The summed E-state index contributed by atoms with van der Waals surface area (Å²) in [6.07, 6.45) is 0. The van der Waals surface area contributed by atoms with Gasteiger partial charge in [0.05, 0.1) is 17.7 Å². The van der Waals surface area contributed by atoms with Gasteiger partial charge in [0.1, 0.15) is 18.3 Å². The average Bonchev–Trinajstić information content (AvgIpc) is 2.90. The van der Waals surface area contributed by atoms with Crippen molar-refractivity contribution in [3.8, 4) is 5.75 Å². The number of hydrogen-bond acceptors (Lipinski definition) is 5. The van der Waals surface area contributed by atoms with Gasteiger partial charge < -0.3 is 15.0 Å². The minimum absolute atomic E-state index is 0.0360. The first-order valence-electron chi connectivity index (χ1n) is 12.0. The van der Waals surface area contributed by atoms with Gasteiger partial charge in [-0.2, -0.15) is 0 Å². The van der Waals surface area contributed by atoms with E-state index in [2.05, 4.69) is 5.32 Å². The average molecular weight is 524 g/mol. The van der Waals surface area contributed by atoms with E-state index < -0.39 is 28.5 Å². The van der Waals surface area contributed by atoms with Crippen molar-refractivity contribution in [3.63, 3.8) is 0 Å². The minimum Gasteiger partial charge on any atom is -0.495 e. The summed E-state index contributed by atoms with van der Waals surface area (Å²) < 4.78 is 34.0. The number of anilines is 1. The van der Waals surface area contributed by atoms with Crippen molar-refractivity contribution in [1.82, 2.24) is 10.2 Å². The van der Waals surface area contributed by atoms with Crippen molar-refractivity contribution < 1.29 is 22.7 Å². The molecule has 0 aromatic heterocycles.